The number of carbonyl (C=O) groups is 2. The molecule has 0 unspecified atom stereocenters. The van der Waals surface area contributed by atoms with Crippen LogP contribution in [0.15, 0.2) is 24.3 Å². The van der Waals surface area contributed by atoms with Gasteiger partial charge in [-0.1, -0.05) is 11.6 Å². The molecule has 0 radical (unpaired) electrons. The number of halogens is 1. The van der Waals surface area contributed by atoms with Crippen molar-refractivity contribution in [3.8, 4) is 16.2 Å². The number of hydrogen-bond acceptors (Lipinski definition) is 5. The molecule has 1 amide bonds. The van der Waals surface area contributed by atoms with Crippen LogP contribution >= 0.6 is 22.9 Å². The highest BCUT2D eigenvalue weighted by Gasteiger charge is 2.26. The van der Waals surface area contributed by atoms with Crippen molar-refractivity contribution >= 4 is 34.6 Å². The fourth-order valence-corrected chi connectivity index (χ4v) is 4.01. The first-order valence-corrected chi connectivity index (χ1v) is 9.53. The monoisotopic (exact) mass is 393 g/mol. The van der Waals surface area contributed by atoms with Gasteiger partial charge in [0.25, 0.3) is 0 Å². The number of methoxy groups -OCH3 is 1. The van der Waals surface area contributed by atoms with Gasteiger partial charge in [-0.15, -0.1) is 11.3 Å². The summed E-state index contributed by atoms with van der Waals surface area (Å²) in [5.41, 5.74) is 1.99. The third-order valence-corrected chi connectivity index (χ3v) is 5.67. The molecule has 0 aliphatic carbocycles. The van der Waals surface area contributed by atoms with Gasteiger partial charge in [0.05, 0.1) is 23.1 Å². The van der Waals surface area contributed by atoms with E-state index in [4.69, 9.17) is 21.1 Å². The lowest BCUT2D eigenvalue weighted by molar-refractivity contribution is -0.122. The molecule has 5 nitrogen and oxygen atoms in total. The van der Waals surface area contributed by atoms with Crippen LogP contribution in [0, 0.1) is 0 Å². The quantitative estimate of drug-likeness (QED) is 0.728. The molecule has 26 heavy (non-hydrogen) atoms. The second-order valence-corrected chi connectivity index (χ2v) is 7.65. The minimum atomic E-state index is -0.139. The maximum atomic E-state index is 11.7. The summed E-state index contributed by atoms with van der Waals surface area (Å²) in [6, 6.07) is 7.67. The van der Waals surface area contributed by atoms with Crippen molar-refractivity contribution in [2.24, 2.45) is 0 Å². The van der Waals surface area contributed by atoms with Gasteiger partial charge in [-0.2, -0.15) is 0 Å². The van der Waals surface area contributed by atoms with Crippen molar-refractivity contribution in [3.05, 3.63) is 39.7 Å². The zero-order valence-corrected chi connectivity index (χ0v) is 16.2. The maximum absolute atomic E-state index is 11.7. The Hall–Kier alpha value is -1.89. The van der Waals surface area contributed by atoms with Crippen LogP contribution in [-0.2, 0) is 16.0 Å². The molecule has 7 heteroatoms. The van der Waals surface area contributed by atoms with Crippen LogP contribution in [0.3, 0.4) is 0 Å². The smallest absolute Gasteiger partial charge is 0.222 e. The van der Waals surface area contributed by atoms with Crippen LogP contribution in [0.1, 0.15) is 28.6 Å². The minimum Gasteiger partial charge on any atom is -0.486 e. The SMILES string of the molecule is COCCC(=O)NC[C@@H]1Cc2cc(-c3ccc(C(C)=O)s3)cc(Cl)c2O1. The Morgan fingerprint density at radius 1 is 1.38 bits per heavy atom. The third kappa shape index (κ3) is 4.26. The Kier molecular flexibility index (Phi) is 5.96. The highest BCUT2D eigenvalue weighted by Crippen LogP contribution is 2.41. The molecule has 1 aromatic carbocycles. The largest absolute Gasteiger partial charge is 0.486 e. The van der Waals surface area contributed by atoms with E-state index in [0.717, 1.165) is 20.9 Å². The van der Waals surface area contributed by atoms with E-state index in [1.165, 1.54) is 11.3 Å². The lowest BCUT2D eigenvalue weighted by Crippen LogP contribution is -2.34. The standard InChI is InChI=1S/C19H20ClNO4S/c1-11(22)16-3-4-17(26-16)12-7-13-8-14(25-19(13)15(20)9-12)10-21-18(23)5-6-24-2/h3-4,7,9,14H,5-6,8,10H2,1-2H3,(H,21,23)/t14-/m0/s1. The van der Waals surface area contributed by atoms with Crippen LogP contribution < -0.4 is 10.1 Å². The number of ether oxygens (including phenoxy) is 2. The molecule has 0 spiro atoms. The third-order valence-electron chi connectivity index (χ3n) is 4.15. The lowest BCUT2D eigenvalue weighted by atomic mass is 10.1. The molecule has 1 atom stereocenters. The van der Waals surface area contributed by atoms with Crippen molar-refractivity contribution in [1.82, 2.24) is 5.32 Å². The van der Waals surface area contributed by atoms with Gasteiger partial charge < -0.3 is 14.8 Å². The van der Waals surface area contributed by atoms with Gasteiger partial charge >= 0.3 is 0 Å². The van der Waals surface area contributed by atoms with Crippen LogP contribution in [0.5, 0.6) is 5.75 Å². The average molecular weight is 394 g/mol. The highest BCUT2D eigenvalue weighted by atomic mass is 35.5. The number of carbonyl (C=O) groups excluding carboxylic acids is 2. The van der Waals surface area contributed by atoms with Gasteiger partial charge in [0.2, 0.25) is 5.91 Å². The number of Topliss-reactive ketones (excluding diaryl/α,β-unsaturated/α-hetero) is 1. The molecule has 3 rings (SSSR count). The summed E-state index contributed by atoms with van der Waals surface area (Å²) in [5.74, 6) is 0.671. The molecule has 0 bridgehead atoms. The number of nitrogens with one attached hydrogen (secondary N) is 1. The average Bonchev–Trinajstić information content (AvgIpc) is 3.25. The molecule has 1 aromatic heterocycles. The summed E-state index contributed by atoms with van der Waals surface area (Å²) in [6.45, 7) is 2.39. The molecular weight excluding hydrogens is 374 g/mol. The van der Waals surface area contributed by atoms with E-state index in [0.29, 0.717) is 36.8 Å². The van der Waals surface area contributed by atoms with Gasteiger partial charge in [0.15, 0.2) is 5.78 Å². The van der Waals surface area contributed by atoms with Crippen molar-refractivity contribution in [2.45, 2.75) is 25.9 Å². The van der Waals surface area contributed by atoms with Crippen LogP contribution in [0.4, 0.5) is 0 Å². The van der Waals surface area contributed by atoms with Crippen molar-refractivity contribution < 1.29 is 19.1 Å². The summed E-state index contributed by atoms with van der Waals surface area (Å²) < 4.78 is 10.8. The van der Waals surface area contributed by atoms with E-state index in [1.807, 2.05) is 24.3 Å². The van der Waals surface area contributed by atoms with E-state index >= 15 is 0 Å². The van der Waals surface area contributed by atoms with E-state index in [2.05, 4.69) is 5.32 Å². The number of hydrogen-bond donors (Lipinski definition) is 1. The van der Waals surface area contributed by atoms with E-state index in [1.54, 1.807) is 14.0 Å². The van der Waals surface area contributed by atoms with Crippen LogP contribution in [0.2, 0.25) is 5.02 Å². The van der Waals surface area contributed by atoms with Gasteiger partial charge in [0.1, 0.15) is 11.9 Å². The first-order chi connectivity index (χ1) is 12.5. The molecule has 1 aliphatic heterocycles. The zero-order chi connectivity index (χ0) is 18.7. The molecule has 0 saturated carbocycles. The summed E-state index contributed by atoms with van der Waals surface area (Å²) in [5, 5.41) is 3.40. The van der Waals surface area contributed by atoms with Crippen LogP contribution in [-0.4, -0.2) is 38.1 Å². The topological polar surface area (TPSA) is 64.6 Å². The molecule has 2 heterocycles. The van der Waals surface area contributed by atoms with Gasteiger partial charge in [-0.05, 0) is 36.8 Å². The van der Waals surface area contributed by atoms with Gasteiger partial charge in [0, 0.05) is 30.4 Å². The molecule has 138 valence electrons. The number of benzene rings is 1. The molecule has 0 fully saturated rings. The predicted octanol–water partition coefficient (Wildman–Crippen LogP) is 3.73. The molecule has 1 N–H and O–H groups in total. The first-order valence-electron chi connectivity index (χ1n) is 8.33. The fourth-order valence-electron chi connectivity index (χ4n) is 2.84. The summed E-state index contributed by atoms with van der Waals surface area (Å²) in [4.78, 5) is 24.9. The Morgan fingerprint density at radius 3 is 2.88 bits per heavy atom. The summed E-state index contributed by atoms with van der Waals surface area (Å²) in [7, 11) is 1.57. The molecule has 1 aliphatic rings. The van der Waals surface area contributed by atoms with Gasteiger partial charge in [-0.3, -0.25) is 9.59 Å². The second kappa shape index (κ2) is 8.20. The zero-order valence-electron chi connectivity index (χ0n) is 14.6. The van der Waals surface area contributed by atoms with Gasteiger partial charge in [-0.25, -0.2) is 0 Å². The second-order valence-electron chi connectivity index (χ2n) is 6.16. The van der Waals surface area contributed by atoms with E-state index in [-0.39, 0.29) is 17.8 Å². The Bertz CT molecular complexity index is 833. The van der Waals surface area contributed by atoms with E-state index in [9.17, 15) is 9.59 Å². The highest BCUT2D eigenvalue weighted by molar-refractivity contribution is 7.17. The first kappa shape index (κ1) is 18.9. The van der Waals surface area contributed by atoms with Crippen molar-refractivity contribution in [1.29, 1.82) is 0 Å². The minimum absolute atomic E-state index is 0.0566. The molecular formula is C19H20ClNO4S. The Morgan fingerprint density at radius 2 is 2.19 bits per heavy atom. The van der Waals surface area contributed by atoms with E-state index < -0.39 is 0 Å². The van der Waals surface area contributed by atoms with Crippen molar-refractivity contribution in [3.63, 3.8) is 0 Å². The Labute approximate surface area is 161 Å². The number of rotatable bonds is 7. The molecule has 0 saturated heterocycles. The number of amides is 1. The lowest BCUT2D eigenvalue weighted by Gasteiger charge is -2.12. The maximum Gasteiger partial charge on any atom is 0.222 e. The number of thiophene rings is 1. The molecule has 2 aromatic rings. The van der Waals surface area contributed by atoms with Crippen molar-refractivity contribution in [2.75, 3.05) is 20.3 Å². The Balaban J connectivity index is 1.69. The summed E-state index contributed by atoms with van der Waals surface area (Å²) in [6.07, 6.45) is 0.872. The number of ketones is 1. The summed E-state index contributed by atoms with van der Waals surface area (Å²) >= 11 is 7.85. The number of fused-ring (bicyclic) bond motifs is 1. The normalized spacial score (nSPS) is 15.4. The predicted molar refractivity (Wildman–Crippen MR) is 102 cm³/mol. The van der Waals surface area contributed by atoms with Crippen LogP contribution in [0.25, 0.3) is 10.4 Å². The fraction of sp³-hybridized carbons (Fsp3) is 0.368.